The summed E-state index contributed by atoms with van der Waals surface area (Å²) in [6, 6.07) is 8.64. The van der Waals surface area contributed by atoms with Crippen LogP contribution in [0.1, 0.15) is 0 Å². The average molecular weight is 274 g/mol. The van der Waals surface area contributed by atoms with E-state index >= 15 is 0 Å². The van der Waals surface area contributed by atoms with Gasteiger partial charge in [0.05, 0.1) is 4.92 Å². The zero-order chi connectivity index (χ0) is 14.4. The van der Waals surface area contributed by atoms with Crippen LogP contribution in [-0.4, -0.2) is 23.1 Å². The third-order valence-corrected chi connectivity index (χ3v) is 2.52. The van der Waals surface area contributed by atoms with Crippen molar-refractivity contribution >= 4 is 17.1 Å². The number of rotatable bonds is 6. The molecule has 2 aromatic rings. The minimum absolute atomic E-state index is 0.0732. The van der Waals surface area contributed by atoms with Crippen molar-refractivity contribution in [2.45, 2.75) is 0 Å². The maximum Gasteiger partial charge on any atom is 0.310 e. The topological polar surface area (TPSA) is 103 Å². The molecule has 104 valence electrons. The fourth-order valence-electron chi connectivity index (χ4n) is 1.60. The molecule has 7 heteroatoms. The first-order chi connectivity index (χ1) is 9.70. The van der Waals surface area contributed by atoms with E-state index in [0.717, 1.165) is 5.69 Å². The summed E-state index contributed by atoms with van der Waals surface area (Å²) in [4.78, 5) is 14.1. The molecule has 2 rings (SSSR count). The molecule has 0 atom stereocenters. The molecular formula is C13H14N4O3. The Morgan fingerprint density at radius 2 is 2.05 bits per heavy atom. The minimum atomic E-state index is -0.478. The number of aromatic nitrogens is 1. The Morgan fingerprint density at radius 3 is 2.70 bits per heavy atom. The molecule has 3 N–H and O–H groups in total. The molecule has 1 heterocycles. The van der Waals surface area contributed by atoms with E-state index in [-0.39, 0.29) is 5.69 Å². The molecule has 0 aliphatic carbocycles. The van der Waals surface area contributed by atoms with Gasteiger partial charge in [-0.1, -0.05) is 0 Å². The van der Waals surface area contributed by atoms with Gasteiger partial charge in [0.25, 0.3) is 0 Å². The molecule has 0 aliphatic rings. The van der Waals surface area contributed by atoms with E-state index in [1.807, 2.05) is 0 Å². The van der Waals surface area contributed by atoms with Gasteiger partial charge < -0.3 is 15.8 Å². The second-order valence-corrected chi connectivity index (χ2v) is 3.94. The number of pyridine rings is 1. The lowest BCUT2D eigenvalue weighted by molar-refractivity contribution is -0.384. The molecular weight excluding hydrogens is 260 g/mol. The largest absolute Gasteiger partial charge is 0.492 e. The first-order valence-corrected chi connectivity index (χ1v) is 5.99. The maximum absolute atomic E-state index is 10.9. The highest BCUT2D eigenvalue weighted by molar-refractivity contribution is 5.68. The van der Waals surface area contributed by atoms with E-state index in [1.165, 1.54) is 12.4 Å². The first-order valence-electron chi connectivity index (χ1n) is 5.99. The van der Waals surface area contributed by atoms with Crippen molar-refractivity contribution in [2.75, 3.05) is 18.5 Å². The van der Waals surface area contributed by atoms with Crippen molar-refractivity contribution in [3.8, 4) is 5.75 Å². The summed E-state index contributed by atoms with van der Waals surface area (Å²) < 4.78 is 5.35. The number of benzene rings is 1. The predicted molar refractivity (Wildman–Crippen MR) is 75.2 cm³/mol. The lowest BCUT2D eigenvalue weighted by Crippen LogP contribution is -2.10. The molecule has 0 aliphatic heterocycles. The summed E-state index contributed by atoms with van der Waals surface area (Å²) in [7, 11) is 0. The zero-order valence-corrected chi connectivity index (χ0v) is 10.7. The summed E-state index contributed by atoms with van der Waals surface area (Å²) in [6.45, 7) is 0.895. The van der Waals surface area contributed by atoms with Crippen molar-refractivity contribution in [1.82, 2.24) is 4.98 Å². The molecule has 0 saturated carbocycles. The third kappa shape index (κ3) is 3.42. The van der Waals surface area contributed by atoms with Gasteiger partial charge in [-0.2, -0.15) is 0 Å². The van der Waals surface area contributed by atoms with Gasteiger partial charge in [-0.3, -0.25) is 15.1 Å². The van der Waals surface area contributed by atoms with Crippen LogP contribution in [0.2, 0.25) is 0 Å². The lowest BCUT2D eigenvalue weighted by Gasteiger charge is -2.08. The molecule has 20 heavy (non-hydrogen) atoms. The Hall–Kier alpha value is -2.67. The van der Waals surface area contributed by atoms with Gasteiger partial charge >= 0.3 is 5.69 Å². The number of nitrogens with two attached hydrogens (primary N) is 1. The molecule has 0 unspecified atom stereocenters. The summed E-state index contributed by atoms with van der Waals surface area (Å²) in [6.07, 6.45) is 2.70. The third-order valence-electron chi connectivity index (χ3n) is 2.52. The van der Waals surface area contributed by atoms with Gasteiger partial charge in [0.1, 0.15) is 24.2 Å². The number of ether oxygens (including phenoxy) is 1. The highest BCUT2D eigenvalue weighted by Crippen LogP contribution is 2.26. The van der Waals surface area contributed by atoms with Crippen molar-refractivity contribution in [1.29, 1.82) is 0 Å². The van der Waals surface area contributed by atoms with Crippen LogP contribution in [-0.2, 0) is 0 Å². The Kier molecular flexibility index (Phi) is 4.46. The van der Waals surface area contributed by atoms with Crippen LogP contribution < -0.4 is 15.8 Å². The highest BCUT2D eigenvalue weighted by atomic mass is 16.6. The van der Waals surface area contributed by atoms with E-state index in [9.17, 15) is 10.1 Å². The second kappa shape index (κ2) is 6.48. The summed E-state index contributed by atoms with van der Waals surface area (Å²) >= 11 is 0. The van der Waals surface area contributed by atoms with E-state index < -0.39 is 4.92 Å². The molecule has 0 bridgehead atoms. The van der Waals surface area contributed by atoms with Gasteiger partial charge in [-0.05, 0) is 30.3 Å². The number of anilines is 2. The zero-order valence-electron chi connectivity index (χ0n) is 10.7. The van der Waals surface area contributed by atoms with E-state index in [2.05, 4.69) is 10.3 Å². The standard InChI is InChI=1S/C13H14N4O3/c14-6-8-20-11-3-1-10(2-4-11)16-12-5-7-15-9-13(12)17(18)19/h1-5,7,9H,6,8,14H2,(H,15,16). The quantitative estimate of drug-likeness (QED) is 0.617. The minimum Gasteiger partial charge on any atom is -0.492 e. The number of nitro groups is 1. The van der Waals surface area contributed by atoms with Gasteiger partial charge in [-0.25, -0.2) is 0 Å². The summed E-state index contributed by atoms with van der Waals surface area (Å²) in [5, 5.41) is 13.9. The van der Waals surface area contributed by atoms with E-state index in [4.69, 9.17) is 10.5 Å². The molecule has 1 aromatic carbocycles. The number of hydrogen-bond donors (Lipinski definition) is 2. The maximum atomic E-state index is 10.9. The normalized spacial score (nSPS) is 10.1. The van der Waals surface area contributed by atoms with E-state index in [0.29, 0.717) is 24.6 Å². The van der Waals surface area contributed by atoms with Crippen LogP contribution in [0.15, 0.2) is 42.7 Å². The number of nitrogens with zero attached hydrogens (tertiary/aromatic N) is 2. The Balaban J connectivity index is 2.12. The van der Waals surface area contributed by atoms with Crippen molar-refractivity contribution in [3.63, 3.8) is 0 Å². The molecule has 1 aromatic heterocycles. The van der Waals surface area contributed by atoms with Gasteiger partial charge in [0, 0.05) is 18.4 Å². The number of nitrogens with one attached hydrogen (secondary N) is 1. The van der Waals surface area contributed by atoms with Crippen LogP contribution in [0, 0.1) is 10.1 Å². The lowest BCUT2D eigenvalue weighted by atomic mass is 10.2. The highest BCUT2D eigenvalue weighted by Gasteiger charge is 2.13. The fraction of sp³-hybridized carbons (Fsp3) is 0.154. The molecule has 0 radical (unpaired) electrons. The van der Waals surface area contributed by atoms with E-state index in [1.54, 1.807) is 30.3 Å². The summed E-state index contributed by atoms with van der Waals surface area (Å²) in [5.74, 6) is 0.699. The predicted octanol–water partition coefficient (Wildman–Crippen LogP) is 2.07. The monoisotopic (exact) mass is 274 g/mol. The van der Waals surface area contributed by atoms with Gasteiger partial charge in [0.15, 0.2) is 0 Å². The van der Waals surface area contributed by atoms with Gasteiger partial charge in [-0.15, -0.1) is 0 Å². The molecule has 0 amide bonds. The smallest absolute Gasteiger partial charge is 0.310 e. The van der Waals surface area contributed by atoms with Crippen LogP contribution >= 0.6 is 0 Å². The summed E-state index contributed by atoms with van der Waals surface area (Å²) in [5.41, 5.74) is 6.38. The Labute approximate surface area is 115 Å². The van der Waals surface area contributed by atoms with Crippen molar-refractivity contribution in [2.24, 2.45) is 5.73 Å². The fourth-order valence-corrected chi connectivity index (χ4v) is 1.60. The van der Waals surface area contributed by atoms with Crippen molar-refractivity contribution in [3.05, 3.63) is 52.8 Å². The second-order valence-electron chi connectivity index (χ2n) is 3.94. The van der Waals surface area contributed by atoms with Crippen LogP contribution in [0.5, 0.6) is 5.75 Å². The first kappa shape index (κ1) is 13.8. The molecule has 7 nitrogen and oxygen atoms in total. The molecule has 0 fully saturated rings. The molecule has 0 spiro atoms. The van der Waals surface area contributed by atoms with Crippen LogP contribution in [0.3, 0.4) is 0 Å². The average Bonchev–Trinajstić information content (AvgIpc) is 2.47. The van der Waals surface area contributed by atoms with Crippen molar-refractivity contribution < 1.29 is 9.66 Å². The number of hydrogen-bond acceptors (Lipinski definition) is 6. The van der Waals surface area contributed by atoms with Crippen LogP contribution in [0.25, 0.3) is 0 Å². The van der Waals surface area contributed by atoms with Crippen LogP contribution in [0.4, 0.5) is 17.1 Å². The Bertz CT molecular complexity index is 586. The van der Waals surface area contributed by atoms with Gasteiger partial charge in [0.2, 0.25) is 0 Å². The molecule has 0 saturated heterocycles. The Morgan fingerprint density at radius 1 is 1.30 bits per heavy atom. The SMILES string of the molecule is NCCOc1ccc(Nc2ccncc2[N+](=O)[O-])cc1.